The number of ether oxygens (including phenoxy) is 2. The standard InChI is InChI=1S/C35H36N8O7S2/c1-34(2,3)49-32(47)21-10-8-7-9-20(21)29-41-42-30(52-29)28(45)39-22-17-37-26-12-11-23(43(26)31(22)46)27(44)38-16-19-13-18-15-36-25(14-24(18)51-19)40-33(48)50-35(4,5)6/h7-10,13-15,17,23H,11-12,16H2,1-6H3,(H,38,44)(H,39,45)(H,36,40,48)/t23-/m0/s1. The minimum Gasteiger partial charge on any atom is -0.456 e. The topological polar surface area (TPSA) is 196 Å². The van der Waals surface area contributed by atoms with Crippen LogP contribution < -0.4 is 21.5 Å². The number of aryl methyl sites for hydroxylation is 1. The van der Waals surface area contributed by atoms with Crippen LogP contribution >= 0.6 is 22.7 Å². The van der Waals surface area contributed by atoms with Gasteiger partial charge in [-0.05, 0) is 66.2 Å². The Morgan fingerprint density at radius 2 is 1.67 bits per heavy atom. The molecule has 0 unspecified atom stereocenters. The molecule has 0 saturated heterocycles. The van der Waals surface area contributed by atoms with Crippen molar-refractivity contribution in [1.82, 2.24) is 30.0 Å². The SMILES string of the molecule is CC(C)(C)OC(=O)Nc1cc2sc(CNC(=O)[C@@H]3CCc4ncc(NC(=O)c5nnc(-c6ccccc6C(=O)OC(C)(C)C)s5)c(=O)n43)cc2cn1. The molecular weight excluding hydrogens is 709 g/mol. The van der Waals surface area contributed by atoms with Gasteiger partial charge >= 0.3 is 12.1 Å². The van der Waals surface area contributed by atoms with E-state index in [2.05, 4.69) is 36.1 Å². The number of aromatic nitrogens is 5. The van der Waals surface area contributed by atoms with E-state index in [0.29, 0.717) is 35.1 Å². The number of nitrogens with one attached hydrogen (secondary N) is 3. The Labute approximate surface area is 305 Å². The van der Waals surface area contributed by atoms with Crippen LogP contribution in [0.4, 0.5) is 16.3 Å². The van der Waals surface area contributed by atoms with Gasteiger partial charge in [-0.2, -0.15) is 0 Å². The van der Waals surface area contributed by atoms with Crippen LogP contribution in [0.5, 0.6) is 0 Å². The lowest BCUT2D eigenvalue weighted by Gasteiger charge is -2.20. The number of carbonyl (C=O) groups is 4. The van der Waals surface area contributed by atoms with Gasteiger partial charge in [0.2, 0.25) is 10.9 Å². The molecule has 1 aromatic carbocycles. The van der Waals surface area contributed by atoms with E-state index in [1.54, 1.807) is 78.1 Å². The Kier molecular flexibility index (Phi) is 9.92. The van der Waals surface area contributed by atoms with Gasteiger partial charge in [0, 0.05) is 33.1 Å². The van der Waals surface area contributed by atoms with Crippen molar-refractivity contribution in [3.05, 3.63) is 80.4 Å². The predicted molar refractivity (Wildman–Crippen MR) is 196 cm³/mol. The van der Waals surface area contributed by atoms with Gasteiger partial charge in [-0.25, -0.2) is 19.6 Å². The fourth-order valence-electron chi connectivity index (χ4n) is 5.36. The first-order valence-electron chi connectivity index (χ1n) is 16.3. The second-order valence-corrected chi connectivity index (χ2v) is 16.0. The van der Waals surface area contributed by atoms with Crippen LogP contribution in [0.1, 0.15) is 84.9 Å². The number of benzene rings is 1. The van der Waals surface area contributed by atoms with Crippen LogP contribution in [0.25, 0.3) is 20.7 Å². The average Bonchev–Trinajstić information content (AvgIpc) is 3.82. The maximum atomic E-state index is 13.6. The molecule has 17 heteroatoms. The largest absolute Gasteiger partial charge is 0.456 e. The number of hydrogen-bond acceptors (Lipinski definition) is 13. The first-order chi connectivity index (χ1) is 24.5. The van der Waals surface area contributed by atoms with E-state index in [1.165, 1.54) is 22.1 Å². The molecular formula is C35H36N8O7S2. The number of nitrogens with zero attached hydrogens (tertiary/aromatic N) is 5. The Morgan fingerprint density at radius 3 is 2.42 bits per heavy atom. The minimum atomic E-state index is -0.829. The van der Waals surface area contributed by atoms with Crippen LogP contribution in [0.3, 0.4) is 0 Å². The molecule has 1 aliphatic heterocycles. The third kappa shape index (κ3) is 8.32. The molecule has 270 valence electrons. The summed E-state index contributed by atoms with van der Waals surface area (Å²) in [5, 5.41) is 17.3. The van der Waals surface area contributed by atoms with Crippen molar-refractivity contribution in [3.8, 4) is 10.6 Å². The molecule has 3 N–H and O–H groups in total. The van der Waals surface area contributed by atoms with E-state index >= 15 is 0 Å². The average molecular weight is 745 g/mol. The first kappa shape index (κ1) is 36.2. The number of pyridine rings is 1. The van der Waals surface area contributed by atoms with Crippen LogP contribution in [-0.4, -0.2) is 59.8 Å². The molecule has 3 amide bonds. The van der Waals surface area contributed by atoms with Crippen molar-refractivity contribution in [2.45, 2.75) is 78.2 Å². The summed E-state index contributed by atoms with van der Waals surface area (Å²) in [6.07, 6.45) is 3.05. The third-order valence-electron chi connectivity index (χ3n) is 7.49. The lowest BCUT2D eigenvalue weighted by Crippen LogP contribution is -2.36. The van der Waals surface area contributed by atoms with Crippen molar-refractivity contribution in [1.29, 1.82) is 0 Å². The summed E-state index contributed by atoms with van der Waals surface area (Å²) < 4.78 is 13.0. The Morgan fingerprint density at radius 1 is 0.923 bits per heavy atom. The molecule has 0 bridgehead atoms. The first-order valence-corrected chi connectivity index (χ1v) is 17.9. The second kappa shape index (κ2) is 14.2. The van der Waals surface area contributed by atoms with Crippen molar-refractivity contribution in [3.63, 3.8) is 0 Å². The Balaban J connectivity index is 1.12. The van der Waals surface area contributed by atoms with Gasteiger partial charge in [0.1, 0.15) is 39.6 Å². The van der Waals surface area contributed by atoms with Crippen molar-refractivity contribution < 1.29 is 28.7 Å². The van der Waals surface area contributed by atoms with E-state index in [9.17, 15) is 24.0 Å². The van der Waals surface area contributed by atoms with Crippen LogP contribution in [-0.2, 0) is 27.2 Å². The molecule has 0 fully saturated rings. The lowest BCUT2D eigenvalue weighted by atomic mass is 10.1. The van der Waals surface area contributed by atoms with Gasteiger partial charge in [0.15, 0.2) is 0 Å². The molecule has 1 aliphatic rings. The number of hydrogen-bond donors (Lipinski definition) is 3. The molecule has 0 radical (unpaired) electrons. The fraction of sp³-hybridized carbons (Fsp3) is 0.343. The quantitative estimate of drug-likeness (QED) is 0.164. The number of fused-ring (bicyclic) bond motifs is 2. The van der Waals surface area contributed by atoms with Crippen molar-refractivity contribution >= 4 is 68.1 Å². The molecule has 5 aromatic rings. The van der Waals surface area contributed by atoms with Crippen molar-refractivity contribution in [2.24, 2.45) is 0 Å². The maximum Gasteiger partial charge on any atom is 0.413 e. The van der Waals surface area contributed by atoms with E-state index in [-0.39, 0.29) is 28.7 Å². The molecule has 1 atom stereocenters. The number of carbonyl (C=O) groups excluding carboxylic acids is 4. The normalized spacial score (nSPS) is 14.1. The zero-order valence-corrected chi connectivity index (χ0v) is 30.9. The van der Waals surface area contributed by atoms with Gasteiger partial charge in [-0.15, -0.1) is 21.5 Å². The summed E-state index contributed by atoms with van der Waals surface area (Å²) in [5.74, 6) is -0.832. The van der Waals surface area contributed by atoms with Gasteiger partial charge in [0.25, 0.3) is 11.5 Å². The second-order valence-electron chi connectivity index (χ2n) is 13.9. The summed E-state index contributed by atoms with van der Waals surface area (Å²) in [6.45, 7) is 10.8. The molecule has 0 saturated carbocycles. The maximum absolute atomic E-state index is 13.6. The van der Waals surface area contributed by atoms with Crippen LogP contribution in [0, 0.1) is 0 Å². The van der Waals surface area contributed by atoms with Gasteiger partial charge in [-0.1, -0.05) is 29.5 Å². The van der Waals surface area contributed by atoms with Gasteiger partial charge in [0.05, 0.1) is 18.3 Å². The highest BCUT2D eigenvalue weighted by molar-refractivity contribution is 7.19. The van der Waals surface area contributed by atoms with E-state index < -0.39 is 40.8 Å². The van der Waals surface area contributed by atoms with Crippen LogP contribution in [0.2, 0.25) is 0 Å². The highest BCUT2D eigenvalue weighted by Crippen LogP contribution is 2.30. The molecule has 52 heavy (non-hydrogen) atoms. The molecule has 15 nitrogen and oxygen atoms in total. The fourth-order valence-corrected chi connectivity index (χ4v) is 7.15. The van der Waals surface area contributed by atoms with Crippen LogP contribution in [0.15, 0.2) is 53.6 Å². The Hall–Kier alpha value is -5.55. The smallest absolute Gasteiger partial charge is 0.413 e. The van der Waals surface area contributed by atoms with E-state index in [0.717, 1.165) is 26.3 Å². The number of rotatable bonds is 8. The molecule has 6 rings (SSSR count). The zero-order valence-electron chi connectivity index (χ0n) is 29.2. The predicted octanol–water partition coefficient (Wildman–Crippen LogP) is 5.73. The van der Waals surface area contributed by atoms with Gasteiger partial charge in [-0.3, -0.25) is 24.3 Å². The number of amides is 3. The zero-order chi connectivity index (χ0) is 37.4. The lowest BCUT2D eigenvalue weighted by molar-refractivity contribution is -0.124. The monoisotopic (exact) mass is 744 g/mol. The Bertz CT molecular complexity index is 2270. The number of esters is 1. The number of thiophene rings is 1. The summed E-state index contributed by atoms with van der Waals surface area (Å²) in [6, 6.07) is 9.52. The van der Waals surface area contributed by atoms with E-state index in [4.69, 9.17) is 9.47 Å². The summed E-state index contributed by atoms with van der Waals surface area (Å²) in [4.78, 5) is 74.6. The summed E-state index contributed by atoms with van der Waals surface area (Å²) >= 11 is 2.38. The highest BCUT2D eigenvalue weighted by Gasteiger charge is 2.32. The molecule has 4 aromatic heterocycles. The third-order valence-corrected chi connectivity index (χ3v) is 9.54. The highest BCUT2D eigenvalue weighted by atomic mass is 32.1. The van der Waals surface area contributed by atoms with Crippen molar-refractivity contribution in [2.75, 3.05) is 10.6 Å². The number of anilines is 2. The molecule has 0 aliphatic carbocycles. The van der Waals surface area contributed by atoms with E-state index in [1.807, 2.05) is 6.07 Å². The summed E-state index contributed by atoms with van der Waals surface area (Å²) in [5.41, 5.74) is -1.32. The molecule has 5 heterocycles. The minimum absolute atomic E-state index is 0.0422. The summed E-state index contributed by atoms with van der Waals surface area (Å²) in [7, 11) is 0. The van der Waals surface area contributed by atoms with Gasteiger partial charge < -0.3 is 20.1 Å². The molecule has 0 spiro atoms.